The van der Waals surface area contributed by atoms with E-state index in [-0.39, 0.29) is 5.82 Å². The van der Waals surface area contributed by atoms with E-state index >= 15 is 0 Å². The summed E-state index contributed by atoms with van der Waals surface area (Å²) < 4.78 is 14.1. The van der Waals surface area contributed by atoms with E-state index in [1.54, 1.807) is 19.1 Å². The molecule has 0 heterocycles. The van der Waals surface area contributed by atoms with Gasteiger partial charge in [0, 0.05) is 10.9 Å². The minimum atomic E-state index is -1.09. The molecule has 0 radical (unpaired) electrons. The molecule has 0 spiro atoms. The molecule has 94 valence electrons. The van der Waals surface area contributed by atoms with E-state index in [4.69, 9.17) is 0 Å². The quantitative estimate of drug-likeness (QED) is 0.907. The molecule has 0 saturated carbocycles. The van der Waals surface area contributed by atoms with Crippen molar-refractivity contribution in [3.05, 3.63) is 69.9 Å². The predicted octanol–water partition coefficient (Wildman–Crippen LogP) is 4.04. The molecular formula is C15H14BrFO. The fraction of sp³-hybridized carbons (Fsp3) is 0.200. The van der Waals surface area contributed by atoms with Crippen molar-refractivity contribution in [2.24, 2.45) is 0 Å². The normalized spacial score (nSPS) is 14.2. The third-order valence-electron chi connectivity index (χ3n) is 2.94. The van der Waals surface area contributed by atoms with Crippen LogP contribution in [0.15, 0.2) is 53.0 Å². The zero-order chi connectivity index (χ0) is 13.2. The summed E-state index contributed by atoms with van der Waals surface area (Å²) in [5.74, 6) is -0.333. The van der Waals surface area contributed by atoms with Gasteiger partial charge in [0.1, 0.15) is 5.82 Å². The smallest absolute Gasteiger partial charge is 0.123 e. The molecule has 3 heteroatoms. The van der Waals surface area contributed by atoms with Gasteiger partial charge < -0.3 is 5.11 Å². The number of hydrogen-bond donors (Lipinski definition) is 1. The second kappa shape index (κ2) is 5.21. The minimum Gasteiger partial charge on any atom is -0.385 e. The molecule has 1 atom stereocenters. The lowest BCUT2D eigenvalue weighted by molar-refractivity contribution is 0.0571. The Labute approximate surface area is 114 Å². The van der Waals surface area contributed by atoms with Crippen molar-refractivity contribution in [1.82, 2.24) is 0 Å². The van der Waals surface area contributed by atoms with Gasteiger partial charge in [-0.25, -0.2) is 4.39 Å². The summed E-state index contributed by atoms with van der Waals surface area (Å²) in [7, 11) is 0. The van der Waals surface area contributed by atoms with Crippen molar-refractivity contribution in [1.29, 1.82) is 0 Å². The fourth-order valence-corrected chi connectivity index (χ4v) is 2.36. The molecule has 0 aliphatic carbocycles. The SMILES string of the molecule is CC(O)(Cc1ccccc1Br)c1cccc(F)c1. The molecule has 0 amide bonds. The molecule has 0 aliphatic heterocycles. The van der Waals surface area contributed by atoms with Crippen LogP contribution < -0.4 is 0 Å². The van der Waals surface area contributed by atoms with Gasteiger partial charge in [-0.1, -0.05) is 46.3 Å². The minimum absolute atomic E-state index is 0.333. The Morgan fingerprint density at radius 1 is 1.17 bits per heavy atom. The van der Waals surface area contributed by atoms with E-state index in [1.807, 2.05) is 24.3 Å². The molecule has 0 aliphatic rings. The van der Waals surface area contributed by atoms with Gasteiger partial charge in [-0.3, -0.25) is 0 Å². The summed E-state index contributed by atoms with van der Waals surface area (Å²) in [6.45, 7) is 1.70. The van der Waals surface area contributed by atoms with Crippen LogP contribution in [0.4, 0.5) is 4.39 Å². The van der Waals surface area contributed by atoms with Crippen LogP contribution in [-0.4, -0.2) is 5.11 Å². The average Bonchev–Trinajstić information content (AvgIpc) is 2.32. The second-order valence-electron chi connectivity index (χ2n) is 4.55. The average molecular weight is 309 g/mol. The van der Waals surface area contributed by atoms with E-state index in [0.717, 1.165) is 10.0 Å². The molecule has 0 fully saturated rings. The molecule has 2 aromatic rings. The molecule has 0 bridgehead atoms. The van der Waals surface area contributed by atoms with Gasteiger partial charge in [-0.2, -0.15) is 0 Å². The molecule has 1 nitrogen and oxygen atoms in total. The lowest BCUT2D eigenvalue weighted by Crippen LogP contribution is -2.24. The third-order valence-corrected chi connectivity index (χ3v) is 3.71. The summed E-state index contributed by atoms with van der Waals surface area (Å²) in [5, 5.41) is 10.5. The van der Waals surface area contributed by atoms with Gasteiger partial charge in [0.05, 0.1) is 5.60 Å². The summed E-state index contributed by atoms with van der Waals surface area (Å²) in [5.41, 5.74) is 0.483. The Balaban J connectivity index is 2.30. The van der Waals surface area contributed by atoms with Crippen molar-refractivity contribution in [3.63, 3.8) is 0 Å². The maximum Gasteiger partial charge on any atom is 0.123 e. The Morgan fingerprint density at radius 2 is 1.89 bits per heavy atom. The monoisotopic (exact) mass is 308 g/mol. The highest BCUT2D eigenvalue weighted by atomic mass is 79.9. The van der Waals surface area contributed by atoms with E-state index in [0.29, 0.717) is 12.0 Å². The first-order valence-corrected chi connectivity index (χ1v) is 6.50. The van der Waals surface area contributed by atoms with Gasteiger partial charge in [0.25, 0.3) is 0 Å². The molecule has 0 aromatic heterocycles. The zero-order valence-electron chi connectivity index (χ0n) is 10.0. The Kier molecular flexibility index (Phi) is 3.83. The maximum absolute atomic E-state index is 13.2. The van der Waals surface area contributed by atoms with Crippen LogP contribution in [0.25, 0.3) is 0 Å². The Bertz CT molecular complexity index is 552. The van der Waals surface area contributed by atoms with Crippen LogP contribution in [0, 0.1) is 5.82 Å². The number of hydrogen-bond acceptors (Lipinski definition) is 1. The van der Waals surface area contributed by atoms with Crippen LogP contribution in [0.3, 0.4) is 0 Å². The highest BCUT2D eigenvalue weighted by Gasteiger charge is 2.24. The van der Waals surface area contributed by atoms with Crippen LogP contribution in [-0.2, 0) is 12.0 Å². The highest BCUT2D eigenvalue weighted by Crippen LogP contribution is 2.28. The fourth-order valence-electron chi connectivity index (χ4n) is 1.94. The molecule has 2 aromatic carbocycles. The third kappa shape index (κ3) is 2.98. The first-order chi connectivity index (χ1) is 8.49. The molecule has 0 saturated heterocycles. The number of aliphatic hydroxyl groups is 1. The van der Waals surface area contributed by atoms with Crippen molar-refractivity contribution in [3.8, 4) is 0 Å². The molecule has 1 unspecified atom stereocenters. The topological polar surface area (TPSA) is 20.2 Å². The van der Waals surface area contributed by atoms with E-state index in [9.17, 15) is 9.50 Å². The standard InChI is InChI=1S/C15H14BrFO/c1-15(18,12-6-4-7-13(17)9-12)10-11-5-2-3-8-14(11)16/h2-9,18H,10H2,1H3. The van der Waals surface area contributed by atoms with Gasteiger partial charge in [0.2, 0.25) is 0 Å². The van der Waals surface area contributed by atoms with Crippen molar-refractivity contribution in [2.75, 3.05) is 0 Å². The van der Waals surface area contributed by atoms with Crippen LogP contribution in [0.1, 0.15) is 18.1 Å². The van der Waals surface area contributed by atoms with Crippen molar-refractivity contribution < 1.29 is 9.50 Å². The zero-order valence-corrected chi connectivity index (χ0v) is 11.6. The predicted molar refractivity (Wildman–Crippen MR) is 73.8 cm³/mol. The molecule has 2 rings (SSSR count). The van der Waals surface area contributed by atoms with E-state index in [2.05, 4.69) is 15.9 Å². The molecular weight excluding hydrogens is 295 g/mol. The second-order valence-corrected chi connectivity index (χ2v) is 5.41. The van der Waals surface area contributed by atoms with Gasteiger partial charge in [0.15, 0.2) is 0 Å². The van der Waals surface area contributed by atoms with Crippen molar-refractivity contribution >= 4 is 15.9 Å². The van der Waals surface area contributed by atoms with Crippen LogP contribution in [0.2, 0.25) is 0 Å². The van der Waals surface area contributed by atoms with Gasteiger partial charge in [-0.15, -0.1) is 0 Å². The lowest BCUT2D eigenvalue weighted by Gasteiger charge is -2.24. The molecule has 18 heavy (non-hydrogen) atoms. The number of benzene rings is 2. The van der Waals surface area contributed by atoms with Crippen LogP contribution in [0.5, 0.6) is 0 Å². The summed E-state index contributed by atoms with van der Waals surface area (Å²) in [6.07, 6.45) is 0.428. The molecule has 1 N–H and O–H groups in total. The van der Waals surface area contributed by atoms with Crippen LogP contribution >= 0.6 is 15.9 Å². The van der Waals surface area contributed by atoms with E-state index in [1.165, 1.54) is 12.1 Å². The lowest BCUT2D eigenvalue weighted by atomic mass is 9.89. The van der Waals surface area contributed by atoms with Gasteiger partial charge in [-0.05, 0) is 36.2 Å². The Morgan fingerprint density at radius 3 is 2.56 bits per heavy atom. The maximum atomic E-state index is 13.2. The first kappa shape index (κ1) is 13.2. The first-order valence-electron chi connectivity index (χ1n) is 5.71. The highest BCUT2D eigenvalue weighted by molar-refractivity contribution is 9.10. The number of rotatable bonds is 3. The summed E-state index contributed by atoms with van der Waals surface area (Å²) >= 11 is 3.45. The number of halogens is 2. The summed E-state index contributed by atoms with van der Waals surface area (Å²) in [6, 6.07) is 13.8. The van der Waals surface area contributed by atoms with Gasteiger partial charge >= 0.3 is 0 Å². The largest absolute Gasteiger partial charge is 0.385 e. The Hall–Kier alpha value is -1.19. The van der Waals surface area contributed by atoms with Crippen molar-refractivity contribution in [2.45, 2.75) is 18.9 Å². The summed E-state index contributed by atoms with van der Waals surface area (Å²) in [4.78, 5) is 0. The van der Waals surface area contributed by atoms with E-state index < -0.39 is 5.60 Å².